The molecule has 0 saturated heterocycles. The summed E-state index contributed by atoms with van der Waals surface area (Å²) in [6.07, 6.45) is 5.39. The van der Waals surface area contributed by atoms with E-state index in [2.05, 4.69) is 6.92 Å². The maximum atomic E-state index is 13.0. The Kier molecular flexibility index (Phi) is 4.41. The zero-order valence-corrected chi connectivity index (χ0v) is 14.3. The smallest absolute Gasteiger partial charge is 0.171 e. The van der Waals surface area contributed by atoms with Gasteiger partial charge in [-0.15, -0.1) is 0 Å². The van der Waals surface area contributed by atoms with Gasteiger partial charge in [-0.25, -0.2) is 0 Å². The van der Waals surface area contributed by atoms with E-state index >= 15 is 0 Å². The van der Waals surface area contributed by atoms with E-state index < -0.39 is 0 Å². The Morgan fingerprint density at radius 1 is 1.32 bits per heavy atom. The molecule has 0 radical (unpaired) electrons. The summed E-state index contributed by atoms with van der Waals surface area (Å²) in [5.74, 6) is 1.11. The topological polar surface area (TPSA) is 52.3 Å². The zero-order valence-electron chi connectivity index (χ0n) is 12.8. The van der Waals surface area contributed by atoms with Crippen molar-refractivity contribution in [1.82, 2.24) is 0 Å². The minimum absolute atomic E-state index is 0.145. The van der Waals surface area contributed by atoms with Gasteiger partial charge in [-0.3, -0.25) is 4.79 Å². The third kappa shape index (κ3) is 2.44. The van der Waals surface area contributed by atoms with Crippen molar-refractivity contribution in [2.75, 3.05) is 13.2 Å². The Balaban J connectivity index is 1.99. The van der Waals surface area contributed by atoms with E-state index in [9.17, 15) is 4.79 Å². The zero-order chi connectivity index (χ0) is 15.9. The fraction of sp³-hybridized carbons (Fsp3) is 0.588. The predicted molar refractivity (Wildman–Crippen MR) is 89.1 cm³/mol. The largest absolute Gasteiger partial charge is 0.491 e. The van der Waals surface area contributed by atoms with Gasteiger partial charge < -0.3 is 10.5 Å². The van der Waals surface area contributed by atoms with Crippen molar-refractivity contribution in [3.63, 3.8) is 0 Å². The van der Waals surface area contributed by atoms with Crippen LogP contribution in [-0.4, -0.2) is 18.9 Å². The maximum Gasteiger partial charge on any atom is 0.171 e. The van der Waals surface area contributed by atoms with Crippen LogP contribution in [0.15, 0.2) is 6.07 Å². The molecule has 1 unspecified atom stereocenters. The summed E-state index contributed by atoms with van der Waals surface area (Å²) < 4.78 is 5.57. The monoisotopic (exact) mass is 341 g/mol. The lowest BCUT2D eigenvalue weighted by atomic mass is 9.73. The number of hydrogen-bond donors (Lipinski definition) is 1. The first kappa shape index (κ1) is 16.1. The first-order valence-corrected chi connectivity index (χ1v) is 8.63. The number of nitrogens with two attached hydrogens (primary N) is 1. The predicted octanol–water partition coefficient (Wildman–Crippen LogP) is 4.27. The third-order valence-corrected chi connectivity index (χ3v) is 6.04. The molecule has 0 spiro atoms. The van der Waals surface area contributed by atoms with Crippen molar-refractivity contribution in [3.8, 4) is 5.75 Å². The van der Waals surface area contributed by atoms with E-state index in [0.29, 0.717) is 40.4 Å². The molecule has 120 valence electrons. The molecule has 0 heterocycles. The summed E-state index contributed by atoms with van der Waals surface area (Å²) in [4.78, 5) is 13.0. The maximum absolute atomic E-state index is 13.0. The number of carbonyl (C=O) groups is 1. The van der Waals surface area contributed by atoms with Crippen molar-refractivity contribution < 1.29 is 9.53 Å². The van der Waals surface area contributed by atoms with Crippen LogP contribution >= 0.6 is 23.2 Å². The van der Waals surface area contributed by atoms with Gasteiger partial charge in [0.25, 0.3) is 0 Å². The Morgan fingerprint density at radius 2 is 2.00 bits per heavy atom. The molecule has 3 rings (SSSR count). The summed E-state index contributed by atoms with van der Waals surface area (Å²) >= 11 is 12.7. The molecule has 1 aromatic carbocycles. The minimum atomic E-state index is -0.349. The minimum Gasteiger partial charge on any atom is -0.491 e. The average molecular weight is 342 g/mol. The van der Waals surface area contributed by atoms with Crippen LogP contribution in [0.2, 0.25) is 10.0 Å². The van der Waals surface area contributed by atoms with E-state index in [1.807, 2.05) is 6.07 Å². The summed E-state index contributed by atoms with van der Waals surface area (Å²) in [6.45, 7) is 2.86. The van der Waals surface area contributed by atoms with Gasteiger partial charge in [0.2, 0.25) is 0 Å². The molecule has 0 aromatic heterocycles. The van der Waals surface area contributed by atoms with Crippen LogP contribution in [-0.2, 0) is 6.42 Å². The van der Waals surface area contributed by atoms with Gasteiger partial charge in [0.15, 0.2) is 5.78 Å². The quantitative estimate of drug-likeness (QED) is 0.889. The van der Waals surface area contributed by atoms with Crippen LogP contribution < -0.4 is 10.5 Å². The highest BCUT2D eigenvalue weighted by Gasteiger charge is 2.49. The van der Waals surface area contributed by atoms with Crippen LogP contribution in [0, 0.1) is 11.3 Å². The molecule has 2 N–H and O–H groups in total. The standard InChI is InChI=1S/C17H21Cl2NO2/c1-17(11-4-2-3-5-11)9-10-8-12(22-7-6-20)14(18)15(19)13(10)16(17)21/h8,11H,2-7,9,20H2,1H3. The van der Waals surface area contributed by atoms with E-state index in [0.717, 1.165) is 24.8 Å². The molecule has 1 aromatic rings. The van der Waals surface area contributed by atoms with E-state index in [1.165, 1.54) is 12.8 Å². The van der Waals surface area contributed by atoms with Gasteiger partial charge in [-0.2, -0.15) is 0 Å². The number of ether oxygens (including phenoxy) is 1. The fourth-order valence-electron chi connectivity index (χ4n) is 3.97. The Labute approximate surface area is 141 Å². The lowest BCUT2D eigenvalue weighted by molar-refractivity contribution is 0.0744. The molecular formula is C17H21Cl2NO2. The number of ketones is 1. The Bertz CT molecular complexity index is 611. The fourth-order valence-corrected chi connectivity index (χ4v) is 4.47. The molecule has 2 aliphatic carbocycles. The van der Waals surface area contributed by atoms with E-state index in [1.54, 1.807) is 0 Å². The average Bonchev–Trinajstić information content (AvgIpc) is 3.10. The Morgan fingerprint density at radius 3 is 2.64 bits per heavy atom. The molecule has 0 amide bonds. The van der Waals surface area contributed by atoms with Crippen LogP contribution in [0.25, 0.3) is 0 Å². The second-order valence-corrected chi connectivity index (χ2v) is 7.33. The van der Waals surface area contributed by atoms with Crippen molar-refractivity contribution in [3.05, 3.63) is 27.2 Å². The van der Waals surface area contributed by atoms with Crippen LogP contribution in [0.5, 0.6) is 5.75 Å². The van der Waals surface area contributed by atoms with Crippen molar-refractivity contribution in [2.45, 2.75) is 39.0 Å². The van der Waals surface area contributed by atoms with Gasteiger partial charge in [0.1, 0.15) is 17.4 Å². The molecule has 1 fully saturated rings. The number of rotatable bonds is 4. The molecule has 22 heavy (non-hydrogen) atoms. The van der Waals surface area contributed by atoms with Gasteiger partial charge in [0, 0.05) is 17.5 Å². The number of hydrogen-bond acceptors (Lipinski definition) is 3. The van der Waals surface area contributed by atoms with Gasteiger partial charge >= 0.3 is 0 Å². The van der Waals surface area contributed by atoms with Crippen molar-refractivity contribution in [2.24, 2.45) is 17.1 Å². The first-order chi connectivity index (χ1) is 10.5. The highest BCUT2D eigenvalue weighted by molar-refractivity contribution is 6.45. The lowest BCUT2D eigenvalue weighted by Gasteiger charge is -2.29. The number of carbonyl (C=O) groups excluding carboxylic acids is 1. The molecule has 1 saturated carbocycles. The second-order valence-electron chi connectivity index (χ2n) is 6.58. The summed E-state index contributed by atoms with van der Waals surface area (Å²) in [5.41, 5.74) is 6.68. The Hall–Kier alpha value is -0.770. The third-order valence-electron chi connectivity index (χ3n) is 5.19. The second kappa shape index (κ2) is 6.03. The summed E-state index contributed by atoms with van der Waals surface area (Å²) in [7, 11) is 0. The number of fused-ring (bicyclic) bond motifs is 1. The molecule has 3 nitrogen and oxygen atoms in total. The molecule has 1 atom stereocenters. The first-order valence-electron chi connectivity index (χ1n) is 7.87. The van der Waals surface area contributed by atoms with Gasteiger partial charge in [-0.1, -0.05) is 43.0 Å². The van der Waals surface area contributed by atoms with Gasteiger partial charge in [-0.05, 0) is 36.8 Å². The van der Waals surface area contributed by atoms with Crippen LogP contribution in [0.1, 0.15) is 48.5 Å². The van der Waals surface area contributed by atoms with E-state index in [-0.39, 0.29) is 11.2 Å². The molecule has 2 aliphatic rings. The number of Topliss-reactive ketones (excluding diaryl/α,β-unsaturated/α-hetero) is 1. The molecule has 0 aliphatic heterocycles. The van der Waals surface area contributed by atoms with Crippen LogP contribution in [0.4, 0.5) is 0 Å². The molecule has 0 bridgehead atoms. The van der Waals surface area contributed by atoms with Crippen LogP contribution in [0.3, 0.4) is 0 Å². The van der Waals surface area contributed by atoms with Crippen molar-refractivity contribution >= 4 is 29.0 Å². The van der Waals surface area contributed by atoms with Gasteiger partial charge in [0.05, 0.1) is 5.02 Å². The number of benzene rings is 1. The molecular weight excluding hydrogens is 321 g/mol. The summed E-state index contributed by atoms with van der Waals surface area (Å²) in [5, 5.41) is 0.649. The highest BCUT2D eigenvalue weighted by atomic mass is 35.5. The SMILES string of the molecule is CC1(C2CCCC2)Cc2cc(OCCN)c(Cl)c(Cl)c2C1=O. The highest BCUT2D eigenvalue weighted by Crippen LogP contribution is 2.52. The van der Waals surface area contributed by atoms with Crippen molar-refractivity contribution in [1.29, 1.82) is 0 Å². The lowest BCUT2D eigenvalue weighted by Crippen LogP contribution is -2.32. The molecule has 5 heteroatoms. The normalized spacial score (nSPS) is 24.8. The van der Waals surface area contributed by atoms with E-state index in [4.69, 9.17) is 33.7 Å². The number of halogens is 2. The summed E-state index contributed by atoms with van der Waals surface area (Å²) in [6, 6.07) is 1.87.